The van der Waals surface area contributed by atoms with Crippen molar-refractivity contribution in [1.82, 2.24) is 15.5 Å². The number of ether oxygens (including phenoxy) is 1. The summed E-state index contributed by atoms with van der Waals surface area (Å²) in [6, 6.07) is 6.85. The normalized spacial score (nSPS) is 35.1. The number of fused-ring (bicyclic) bond motifs is 1. The summed E-state index contributed by atoms with van der Waals surface area (Å²) in [5, 5.41) is 6.42. The van der Waals surface area contributed by atoms with Gasteiger partial charge in [0, 0.05) is 30.6 Å². The molecule has 1 unspecified atom stereocenters. The van der Waals surface area contributed by atoms with Crippen LogP contribution in [0.1, 0.15) is 92.1 Å². The molecule has 0 bridgehead atoms. The molecule has 4 fully saturated rings. The second kappa shape index (κ2) is 9.32. The van der Waals surface area contributed by atoms with Gasteiger partial charge in [-0.25, -0.2) is 0 Å². The van der Waals surface area contributed by atoms with Crippen LogP contribution in [0.2, 0.25) is 0 Å². The zero-order valence-electron chi connectivity index (χ0n) is 20.5. The minimum absolute atomic E-state index is 0.0937. The highest BCUT2D eigenvalue weighted by atomic mass is 16.5. The van der Waals surface area contributed by atoms with Gasteiger partial charge in [0.1, 0.15) is 6.04 Å². The minimum atomic E-state index is -0.553. The molecule has 2 saturated heterocycles. The summed E-state index contributed by atoms with van der Waals surface area (Å²) in [4.78, 5) is 38.5. The SMILES string of the molecule is O=C1CCC(N2Cc3cc(C[C@H]4CCCC[C@@H]4N[C@H]4CC[C@@]5(CCO5)CC4)ccc3C2=O)C(=O)N1. The molecular weight excluding hydrogens is 442 g/mol. The molecule has 1 aromatic carbocycles. The predicted octanol–water partition coefficient (Wildman–Crippen LogP) is 3.24. The zero-order valence-corrected chi connectivity index (χ0v) is 20.5. The molecule has 0 radical (unpaired) electrons. The monoisotopic (exact) mass is 479 g/mol. The van der Waals surface area contributed by atoms with Gasteiger partial charge in [-0.2, -0.15) is 0 Å². The predicted molar refractivity (Wildman–Crippen MR) is 131 cm³/mol. The molecule has 1 aromatic rings. The van der Waals surface area contributed by atoms with Crippen molar-refractivity contribution in [2.75, 3.05) is 6.61 Å². The molecule has 3 amide bonds. The van der Waals surface area contributed by atoms with E-state index in [1.165, 1.54) is 63.4 Å². The fourth-order valence-corrected chi connectivity index (χ4v) is 7.13. The zero-order chi connectivity index (χ0) is 24.0. The lowest BCUT2D eigenvalue weighted by Gasteiger charge is -2.47. The van der Waals surface area contributed by atoms with Crippen LogP contribution in [0, 0.1) is 5.92 Å². The summed E-state index contributed by atoms with van der Waals surface area (Å²) in [6.45, 7) is 1.40. The van der Waals surface area contributed by atoms with E-state index < -0.39 is 6.04 Å². The lowest BCUT2D eigenvalue weighted by molar-refractivity contribution is -0.167. The molecule has 188 valence electrons. The van der Waals surface area contributed by atoms with E-state index in [0.717, 1.165) is 18.6 Å². The average molecular weight is 480 g/mol. The Morgan fingerprint density at radius 2 is 1.83 bits per heavy atom. The topological polar surface area (TPSA) is 87.7 Å². The van der Waals surface area contributed by atoms with Gasteiger partial charge in [0.2, 0.25) is 11.8 Å². The van der Waals surface area contributed by atoms with Gasteiger partial charge in [0.25, 0.3) is 5.91 Å². The fraction of sp³-hybridized carbons (Fsp3) is 0.679. The van der Waals surface area contributed by atoms with E-state index in [9.17, 15) is 14.4 Å². The van der Waals surface area contributed by atoms with Gasteiger partial charge >= 0.3 is 0 Å². The first-order valence-corrected chi connectivity index (χ1v) is 13.7. The highest BCUT2D eigenvalue weighted by Crippen LogP contribution is 2.41. The molecule has 2 saturated carbocycles. The number of amides is 3. The summed E-state index contributed by atoms with van der Waals surface area (Å²) in [5.74, 6) is -0.0848. The average Bonchev–Trinajstić information content (AvgIpc) is 3.15. The van der Waals surface area contributed by atoms with Crippen LogP contribution in [-0.2, 0) is 27.3 Å². The Balaban J connectivity index is 1.09. The van der Waals surface area contributed by atoms with E-state index in [2.05, 4.69) is 22.8 Å². The van der Waals surface area contributed by atoms with Gasteiger partial charge in [0.05, 0.1) is 12.2 Å². The lowest BCUT2D eigenvalue weighted by atomic mass is 9.76. The van der Waals surface area contributed by atoms with Crippen molar-refractivity contribution in [3.05, 3.63) is 34.9 Å². The van der Waals surface area contributed by atoms with Crippen molar-refractivity contribution in [3.8, 4) is 0 Å². The number of nitrogens with one attached hydrogen (secondary N) is 2. The number of hydrogen-bond acceptors (Lipinski definition) is 5. The Morgan fingerprint density at radius 1 is 1.03 bits per heavy atom. The smallest absolute Gasteiger partial charge is 0.255 e. The van der Waals surface area contributed by atoms with Crippen molar-refractivity contribution >= 4 is 17.7 Å². The van der Waals surface area contributed by atoms with Crippen molar-refractivity contribution < 1.29 is 19.1 Å². The Morgan fingerprint density at radius 3 is 2.57 bits per heavy atom. The molecule has 3 atom stereocenters. The summed E-state index contributed by atoms with van der Waals surface area (Å²) in [7, 11) is 0. The minimum Gasteiger partial charge on any atom is -0.375 e. The molecule has 7 heteroatoms. The summed E-state index contributed by atoms with van der Waals surface area (Å²) in [5.41, 5.74) is 3.21. The number of carbonyl (C=O) groups is 3. The lowest BCUT2D eigenvalue weighted by Crippen LogP contribution is -2.52. The molecule has 3 heterocycles. The molecule has 7 nitrogen and oxygen atoms in total. The van der Waals surface area contributed by atoms with E-state index in [1.807, 2.05) is 6.07 Å². The second-order valence-corrected chi connectivity index (χ2v) is 11.5. The van der Waals surface area contributed by atoms with Crippen LogP contribution in [-0.4, -0.2) is 53.0 Å². The van der Waals surface area contributed by atoms with Crippen molar-refractivity contribution in [2.24, 2.45) is 5.92 Å². The maximum absolute atomic E-state index is 13.0. The third-order valence-electron chi connectivity index (χ3n) is 9.31. The highest BCUT2D eigenvalue weighted by Gasteiger charge is 2.42. The molecule has 35 heavy (non-hydrogen) atoms. The maximum Gasteiger partial charge on any atom is 0.255 e. The number of nitrogens with zero attached hydrogens (tertiary/aromatic N) is 1. The Labute approximate surface area is 207 Å². The fourth-order valence-electron chi connectivity index (χ4n) is 7.13. The first-order valence-electron chi connectivity index (χ1n) is 13.7. The quantitative estimate of drug-likeness (QED) is 0.633. The van der Waals surface area contributed by atoms with E-state index in [1.54, 1.807) is 4.90 Å². The standard InChI is InChI=1S/C28H37N3O4/c32-25-8-7-24(26(33)30-25)31-17-20-16-18(5-6-22(20)27(31)34)15-19-3-1-2-4-23(19)29-21-9-11-28(12-10-21)13-14-35-28/h5-6,16,19,21,23-24,29H,1-4,7-15,17H2,(H,30,32,33)/t19-,21-,23+,24?,28-/m1/s1. The highest BCUT2D eigenvalue weighted by molar-refractivity contribution is 6.05. The van der Waals surface area contributed by atoms with Crippen LogP contribution in [0.5, 0.6) is 0 Å². The third-order valence-corrected chi connectivity index (χ3v) is 9.31. The number of hydrogen-bond donors (Lipinski definition) is 2. The van der Waals surface area contributed by atoms with E-state index in [0.29, 0.717) is 36.5 Å². The van der Waals surface area contributed by atoms with Crippen molar-refractivity contribution in [3.63, 3.8) is 0 Å². The number of imide groups is 1. The molecule has 1 spiro atoms. The first-order chi connectivity index (χ1) is 17.0. The van der Waals surface area contributed by atoms with Crippen LogP contribution in [0.15, 0.2) is 18.2 Å². The first kappa shape index (κ1) is 23.2. The molecule has 6 rings (SSSR count). The Kier molecular flexibility index (Phi) is 6.17. The number of benzene rings is 1. The van der Waals surface area contributed by atoms with Gasteiger partial charge in [-0.15, -0.1) is 0 Å². The van der Waals surface area contributed by atoms with Gasteiger partial charge in [-0.05, 0) is 80.9 Å². The van der Waals surface area contributed by atoms with Gasteiger partial charge in [-0.3, -0.25) is 19.7 Å². The second-order valence-electron chi connectivity index (χ2n) is 11.5. The van der Waals surface area contributed by atoms with Crippen LogP contribution in [0.25, 0.3) is 0 Å². The Hall–Kier alpha value is -2.25. The molecule has 3 aliphatic heterocycles. The number of piperidine rings is 1. The van der Waals surface area contributed by atoms with Crippen LogP contribution < -0.4 is 10.6 Å². The molecule has 2 aliphatic carbocycles. The van der Waals surface area contributed by atoms with E-state index in [-0.39, 0.29) is 29.7 Å². The number of carbonyl (C=O) groups excluding carboxylic acids is 3. The molecular formula is C28H37N3O4. The van der Waals surface area contributed by atoms with Crippen LogP contribution >= 0.6 is 0 Å². The van der Waals surface area contributed by atoms with E-state index in [4.69, 9.17) is 4.74 Å². The largest absolute Gasteiger partial charge is 0.375 e. The molecule has 2 N–H and O–H groups in total. The Bertz CT molecular complexity index is 1010. The maximum atomic E-state index is 13.0. The van der Waals surface area contributed by atoms with Gasteiger partial charge in [-0.1, -0.05) is 25.0 Å². The van der Waals surface area contributed by atoms with Crippen molar-refractivity contribution in [1.29, 1.82) is 0 Å². The summed E-state index contributed by atoms with van der Waals surface area (Å²) in [6.07, 6.45) is 12.9. The number of rotatable bonds is 5. The van der Waals surface area contributed by atoms with Crippen LogP contribution in [0.3, 0.4) is 0 Å². The third kappa shape index (κ3) is 4.53. The van der Waals surface area contributed by atoms with E-state index >= 15 is 0 Å². The van der Waals surface area contributed by atoms with Gasteiger partial charge < -0.3 is 15.0 Å². The molecule has 5 aliphatic rings. The van der Waals surface area contributed by atoms with Gasteiger partial charge in [0.15, 0.2) is 0 Å². The molecule has 0 aromatic heterocycles. The van der Waals surface area contributed by atoms with Crippen LogP contribution in [0.4, 0.5) is 0 Å². The summed E-state index contributed by atoms with van der Waals surface area (Å²) < 4.78 is 5.91. The van der Waals surface area contributed by atoms with Crippen molar-refractivity contribution in [2.45, 2.75) is 107 Å². The summed E-state index contributed by atoms with van der Waals surface area (Å²) >= 11 is 0.